The molecule has 0 saturated carbocycles. The van der Waals surface area contributed by atoms with Crippen molar-refractivity contribution >= 4 is 5.82 Å². The maximum absolute atomic E-state index is 13.9. The van der Waals surface area contributed by atoms with Gasteiger partial charge in [0.25, 0.3) is 0 Å². The van der Waals surface area contributed by atoms with Crippen molar-refractivity contribution in [2.24, 2.45) is 0 Å². The lowest BCUT2D eigenvalue weighted by Crippen LogP contribution is -2.07. The van der Waals surface area contributed by atoms with Crippen LogP contribution in [0.25, 0.3) is 11.3 Å². The van der Waals surface area contributed by atoms with Crippen molar-refractivity contribution in [2.45, 2.75) is 26.7 Å². The molecule has 0 fully saturated rings. The number of ether oxygens (including phenoxy) is 1. The Morgan fingerprint density at radius 2 is 2.05 bits per heavy atom. The molecule has 0 aliphatic carbocycles. The molecule has 21 heavy (non-hydrogen) atoms. The molecule has 0 bridgehead atoms. The highest BCUT2D eigenvalue weighted by atomic mass is 19.1. The summed E-state index contributed by atoms with van der Waals surface area (Å²) in [6, 6.07) is 4.88. The number of nitrogens with zero attached hydrogens (tertiary/aromatic N) is 2. The first-order valence-electron chi connectivity index (χ1n) is 7.12. The topological polar surface area (TPSA) is 47.0 Å². The van der Waals surface area contributed by atoms with Gasteiger partial charge >= 0.3 is 0 Å². The Bertz CT molecular complexity index is 616. The molecule has 0 atom stereocenters. The first kappa shape index (κ1) is 15.2. The van der Waals surface area contributed by atoms with E-state index in [-0.39, 0.29) is 5.75 Å². The number of hydrogen-bond acceptors (Lipinski definition) is 4. The lowest BCUT2D eigenvalue weighted by molar-refractivity contribution is 0.386. The summed E-state index contributed by atoms with van der Waals surface area (Å²) < 4.78 is 18.8. The fourth-order valence-electron chi connectivity index (χ4n) is 2.21. The molecule has 2 aromatic rings. The molecule has 1 aromatic carbocycles. The van der Waals surface area contributed by atoms with Gasteiger partial charge in [-0.2, -0.15) is 0 Å². The lowest BCUT2D eigenvalue weighted by Gasteiger charge is -2.13. The first-order valence-corrected chi connectivity index (χ1v) is 7.12. The van der Waals surface area contributed by atoms with E-state index < -0.39 is 5.82 Å². The van der Waals surface area contributed by atoms with Crippen LogP contribution in [0.5, 0.6) is 5.75 Å². The van der Waals surface area contributed by atoms with Crippen molar-refractivity contribution in [1.29, 1.82) is 0 Å². The van der Waals surface area contributed by atoms with Crippen LogP contribution in [0.2, 0.25) is 0 Å². The molecule has 0 aliphatic heterocycles. The number of halogens is 1. The van der Waals surface area contributed by atoms with Crippen molar-refractivity contribution < 1.29 is 9.13 Å². The van der Waals surface area contributed by atoms with Crippen LogP contribution >= 0.6 is 0 Å². The third-order valence-corrected chi connectivity index (χ3v) is 3.27. The summed E-state index contributed by atoms with van der Waals surface area (Å²) in [6.07, 6.45) is 3.30. The minimum absolute atomic E-state index is 0.232. The average Bonchev–Trinajstić information content (AvgIpc) is 2.52. The van der Waals surface area contributed by atoms with Gasteiger partial charge in [-0.1, -0.05) is 13.8 Å². The summed E-state index contributed by atoms with van der Waals surface area (Å²) in [5, 5.41) is 3.29. The highest BCUT2D eigenvalue weighted by Gasteiger charge is 2.13. The number of hydrogen-bond donors (Lipinski definition) is 1. The Kier molecular flexibility index (Phi) is 5.09. The molecule has 0 aliphatic rings. The fourth-order valence-corrected chi connectivity index (χ4v) is 2.21. The largest absolute Gasteiger partial charge is 0.494 e. The highest BCUT2D eigenvalue weighted by molar-refractivity contribution is 5.69. The minimum atomic E-state index is -0.390. The zero-order valence-electron chi connectivity index (χ0n) is 12.6. The van der Waals surface area contributed by atoms with Gasteiger partial charge in [-0.15, -0.1) is 0 Å². The predicted molar refractivity (Wildman–Crippen MR) is 82.1 cm³/mol. The molecule has 1 N–H and O–H groups in total. The van der Waals surface area contributed by atoms with Crippen molar-refractivity contribution in [1.82, 2.24) is 9.97 Å². The number of anilines is 1. The zero-order chi connectivity index (χ0) is 15.2. The Balaban J connectivity index is 2.45. The molecular formula is C16H20FN3O. The van der Waals surface area contributed by atoms with E-state index in [1.54, 1.807) is 6.07 Å². The molecule has 1 heterocycles. The zero-order valence-corrected chi connectivity index (χ0v) is 12.6. The maximum Gasteiger partial charge on any atom is 0.165 e. The van der Waals surface area contributed by atoms with Gasteiger partial charge in [-0.3, -0.25) is 0 Å². The monoisotopic (exact) mass is 289 g/mol. The van der Waals surface area contributed by atoms with E-state index in [1.165, 1.54) is 19.5 Å². The number of aromatic nitrogens is 2. The molecule has 112 valence electrons. The Labute approximate surface area is 124 Å². The third-order valence-electron chi connectivity index (χ3n) is 3.27. The van der Waals surface area contributed by atoms with Crippen molar-refractivity contribution in [3.05, 3.63) is 35.9 Å². The molecular weight excluding hydrogens is 269 g/mol. The van der Waals surface area contributed by atoms with Crippen LogP contribution in [0.15, 0.2) is 24.5 Å². The molecule has 1 aromatic heterocycles. The number of rotatable bonds is 6. The summed E-state index contributed by atoms with van der Waals surface area (Å²) in [5.41, 5.74) is 2.48. The van der Waals surface area contributed by atoms with Crippen LogP contribution in [-0.2, 0) is 6.42 Å². The van der Waals surface area contributed by atoms with E-state index in [0.29, 0.717) is 0 Å². The van der Waals surface area contributed by atoms with Crippen molar-refractivity contribution in [2.75, 3.05) is 19.0 Å². The number of methoxy groups -OCH3 is 1. The van der Waals surface area contributed by atoms with Crippen LogP contribution < -0.4 is 10.1 Å². The summed E-state index contributed by atoms with van der Waals surface area (Å²) >= 11 is 0. The average molecular weight is 289 g/mol. The van der Waals surface area contributed by atoms with Gasteiger partial charge in [-0.05, 0) is 31.0 Å². The fraction of sp³-hybridized carbons (Fsp3) is 0.375. The summed E-state index contributed by atoms with van der Waals surface area (Å²) in [7, 11) is 1.45. The molecule has 0 radical (unpaired) electrons. The van der Waals surface area contributed by atoms with Crippen LogP contribution in [0.4, 0.5) is 10.2 Å². The van der Waals surface area contributed by atoms with Gasteiger partial charge in [0.1, 0.15) is 12.1 Å². The Hall–Kier alpha value is -2.17. The lowest BCUT2D eigenvalue weighted by atomic mass is 10.0. The van der Waals surface area contributed by atoms with Crippen molar-refractivity contribution in [3.8, 4) is 17.0 Å². The number of benzene rings is 1. The minimum Gasteiger partial charge on any atom is -0.494 e. The quantitative estimate of drug-likeness (QED) is 0.881. The van der Waals surface area contributed by atoms with Crippen LogP contribution in [-0.4, -0.2) is 23.6 Å². The normalized spacial score (nSPS) is 10.5. The SMILES string of the molecule is CCCNc1ncnc(-c2ccc(OC)c(F)c2)c1CC. The summed E-state index contributed by atoms with van der Waals surface area (Å²) in [6.45, 7) is 4.99. The smallest absolute Gasteiger partial charge is 0.165 e. The van der Waals surface area contributed by atoms with Gasteiger partial charge in [0.05, 0.1) is 12.8 Å². The number of nitrogens with one attached hydrogen (secondary N) is 1. The standard InChI is InChI=1S/C16H20FN3O/c1-4-8-18-16-12(5-2)15(19-10-20-16)11-6-7-14(21-3)13(17)9-11/h6-7,9-10H,4-5,8H2,1-3H3,(H,18,19,20). The molecule has 4 nitrogen and oxygen atoms in total. The van der Waals surface area contributed by atoms with E-state index in [1.807, 2.05) is 13.0 Å². The summed E-state index contributed by atoms with van der Waals surface area (Å²) in [4.78, 5) is 8.62. The van der Waals surface area contributed by atoms with Crippen LogP contribution in [0.1, 0.15) is 25.8 Å². The van der Waals surface area contributed by atoms with Gasteiger partial charge < -0.3 is 10.1 Å². The van der Waals surface area contributed by atoms with Crippen LogP contribution in [0, 0.1) is 5.82 Å². The van der Waals surface area contributed by atoms with E-state index in [4.69, 9.17) is 4.74 Å². The molecule has 2 rings (SSSR count). The van der Waals surface area contributed by atoms with Crippen LogP contribution in [0.3, 0.4) is 0 Å². The third kappa shape index (κ3) is 3.29. The Morgan fingerprint density at radius 3 is 2.67 bits per heavy atom. The predicted octanol–water partition coefficient (Wildman–Crippen LogP) is 3.68. The van der Waals surface area contributed by atoms with E-state index in [9.17, 15) is 4.39 Å². The van der Waals surface area contributed by atoms with Gasteiger partial charge in [0.2, 0.25) is 0 Å². The van der Waals surface area contributed by atoms with E-state index in [0.717, 1.165) is 42.0 Å². The molecule has 0 saturated heterocycles. The second-order valence-corrected chi connectivity index (χ2v) is 4.68. The van der Waals surface area contributed by atoms with E-state index >= 15 is 0 Å². The second kappa shape index (κ2) is 7.02. The van der Waals surface area contributed by atoms with E-state index in [2.05, 4.69) is 22.2 Å². The Morgan fingerprint density at radius 1 is 1.24 bits per heavy atom. The van der Waals surface area contributed by atoms with Crippen molar-refractivity contribution in [3.63, 3.8) is 0 Å². The van der Waals surface area contributed by atoms with Gasteiger partial charge in [-0.25, -0.2) is 14.4 Å². The van der Waals surface area contributed by atoms with Gasteiger partial charge in [0.15, 0.2) is 11.6 Å². The summed E-state index contributed by atoms with van der Waals surface area (Å²) in [5.74, 6) is 0.662. The molecule has 0 spiro atoms. The highest BCUT2D eigenvalue weighted by Crippen LogP contribution is 2.29. The second-order valence-electron chi connectivity index (χ2n) is 4.68. The molecule has 0 unspecified atom stereocenters. The molecule has 0 amide bonds. The maximum atomic E-state index is 13.9. The first-order chi connectivity index (χ1) is 10.2. The van der Waals surface area contributed by atoms with Gasteiger partial charge in [0, 0.05) is 17.7 Å². The molecule has 5 heteroatoms.